The van der Waals surface area contributed by atoms with Crippen molar-refractivity contribution in [3.8, 4) is 17.6 Å². The minimum Gasteiger partial charge on any atom is -0.475 e. The zero-order chi connectivity index (χ0) is 13.8. The number of nitrogens with zero attached hydrogens (tertiary/aromatic N) is 2. The van der Waals surface area contributed by atoms with E-state index in [1.54, 1.807) is 18.2 Å². The topological polar surface area (TPSA) is 70.3 Å². The molecule has 2 rings (SSSR count). The van der Waals surface area contributed by atoms with Crippen molar-refractivity contribution in [2.45, 2.75) is 26.9 Å². The van der Waals surface area contributed by atoms with E-state index in [0.29, 0.717) is 17.3 Å². The van der Waals surface area contributed by atoms with E-state index in [2.05, 4.69) is 9.97 Å². The zero-order valence-electron chi connectivity index (χ0n) is 11.3. The van der Waals surface area contributed by atoms with Crippen LogP contribution in [0.15, 0.2) is 30.3 Å². The average Bonchev–Trinajstić information content (AvgIpc) is 2.30. The van der Waals surface area contributed by atoms with Gasteiger partial charge >= 0.3 is 6.01 Å². The van der Waals surface area contributed by atoms with E-state index in [-0.39, 0.29) is 12.1 Å². The maximum absolute atomic E-state index is 5.81. The highest BCUT2D eigenvalue weighted by molar-refractivity contribution is 5.52. The van der Waals surface area contributed by atoms with Gasteiger partial charge < -0.3 is 15.2 Å². The van der Waals surface area contributed by atoms with E-state index in [0.717, 1.165) is 5.69 Å². The fourth-order valence-electron chi connectivity index (χ4n) is 1.53. The standard InChI is InChI=1S/C14H17N3O2/c1-9(2)18-13-8-10(3)16-14(17-13)19-12-7-5-4-6-11(12)15/h4-9H,15H2,1-3H3. The first-order valence-corrected chi connectivity index (χ1v) is 6.09. The van der Waals surface area contributed by atoms with Gasteiger partial charge in [-0.05, 0) is 32.9 Å². The highest BCUT2D eigenvalue weighted by Crippen LogP contribution is 2.26. The monoisotopic (exact) mass is 259 g/mol. The number of nitrogen functional groups attached to an aromatic ring is 1. The highest BCUT2D eigenvalue weighted by Gasteiger charge is 2.08. The number of anilines is 1. The molecule has 1 heterocycles. The van der Waals surface area contributed by atoms with Crippen molar-refractivity contribution in [1.29, 1.82) is 0 Å². The molecule has 0 atom stereocenters. The predicted molar refractivity (Wildman–Crippen MR) is 73.5 cm³/mol. The third-order valence-electron chi connectivity index (χ3n) is 2.29. The minimum atomic E-state index is 0.0453. The number of benzene rings is 1. The molecule has 0 aliphatic rings. The van der Waals surface area contributed by atoms with Crippen LogP contribution in [0.25, 0.3) is 0 Å². The van der Waals surface area contributed by atoms with Gasteiger partial charge in [-0.3, -0.25) is 0 Å². The van der Waals surface area contributed by atoms with Gasteiger partial charge in [0.1, 0.15) is 0 Å². The molecule has 0 saturated carbocycles. The van der Waals surface area contributed by atoms with Gasteiger partial charge in [0.2, 0.25) is 5.88 Å². The molecule has 0 aliphatic carbocycles. The number of nitrogens with two attached hydrogens (primary N) is 1. The minimum absolute atomic E-state index is 0.0453. The van der Waals surface area contributed by atoms with E-state index >= 15 is 0 Å². The van der Waals surface area contributed by atoms with Crippen LogP contribution in [-0.2, 0) is 0 Å². The largest absolute Gasteiger partial charge is 0.475 e. The molecule has 0 aliphatic heterocycles. The van der Waals surface area contributed by atoms with Gasteiger partial charge in [0.25, 0.3) is 0 Å². The van der Waals surface area contributed by atoms with Gasteiger partial charge in [-0.25, -0.2) is 0 Å². The van der Waals surface area contributed by atoms with Crippen LogP contribution < -0.4 is 15.2 Å². The number of hydrogen-bond acceptors (Lipinski definition) is 5. The Hall–Kier alpha value is -2.30. The maximum Gasteiger partial charge on any atom is 0.325 e. The van der Waals surface area contributed by atoms with Gasteiger partial charge in [0.05, 0.1) is 11.8 Å². The molecule has 19 heavy (non-hydrogen) atoms. The summed E-state index contributed by atoms with van der Waals surface area (Å²) in [5.41, 5.74) is 7.13. The van der Waals surface area contributed by atoms with Crippen molar-refractivity contribution in [3.63, 3.8) is 0 Å². The SMILES string of the molecule is Cc1cc(OC(C)C)nc(Oc2ccccc2N)n1. The summed E-state index contributed by atoms with van der Waals surface area (Å²) in [7, 11) is 0. The van der Waals surface area contributed by atoms with E-state index < -0.39 is 0 Å². The summed E-state index contributed by atoms with van der Waals surface area (Å²) in [5.74, 6) is 1.02. The summed E-state index contributed by atoms with van der Waals surface area (Å²) in [6.45, 7) is 5.73. The number of hydrogen-bond donors (Lipinski definition) is 1. The van der Waals surface area contributed by atoms with Crippen molar-refractivity contribution >= 4 is 5.69 Å². The van der Waals surface area contributed by atoms with Crippen molar-refractivity contribution in [3.05, 3.63) is 36.0 Å². The third kappa shape index (κ3) is 3.58. The van der Waals surface area contributed by atoms with Gasteiger partial charge in [0, 0.05) is 11.8 Å². The lowest BCUT2D eigenvalue weighted by atomic mass is 10.3. The van der Waals surface area contributed by atoms with E-state index in [1.807, 2.05) is 32.9 Å². The molecule has 0 saturated heterocycles. The molecule has 5 nitrogen and oxygen atoms in total. The highest BCUT2D eigenvalue weighted by atomic mass is 16.5. The molecule has 5 heteroatoms. The Kier molecular flexibility index (Phi) is 3.85. The molecule has 100 valence electrons. The second-order valence-electron chi connectivity index (χ2n) is 4.44. The second kappa shape index (κ2) is 5.56. The smallest absolute Gasteiger partial charge is 0.325 e. The van der Waals surface area contributed by atoms with Crippen LogP contribution >= 0.6 is 0 Å². The Morgan fingerprint density at radius 2 is 1.89 bits per heavy atom. The summed E-state index contributed by atoms with van der Waals surface area (Å²) in [4.78, 5) is 8.41. The summed E-state index contributed by atoms with van der Waals surface area (Å²) in [5, 5.41) is 0. The Morgan fingerprint density at radius 3 is 2.58 bits per heavy atom. The summed E-state index contributed by atoms with van der Waals surface area (Å²) in [6.07, 6.45) is 0.0453. The Balaban J connectivity index is 2.25. The molecule has 0 radical (unpaired) electrons. The van der Waals surface area contributed by atoms with Crippen molar-refractivity contribution in [2.75, 3.05) is 5.73 Å². The van der Waals surface area contributed by atoms with Crippen molar-refractivity contribution in [2.24, 2.45) is 0 Å². The predicted octanol–water partition coefficient (Wildman–Crippen LogP) is 2.95. The molecule has 1 aromatic carbocycles. The van der Waals surface area contributed by atoms with Crippen LogP contribution in [0.1, 0.15) is 19.5 Å². The van der Waals surface area contributed by atoms with Gasteiger partial charge in [0.15, 0.2) is 5.75 Å². The molecule has 0 bridgehead atoms. The number of aryl methyl sites for hydroxylation is 1. The summed E-state index contributed by atoms with van der Waals surface area (Å²) < 4.78 is 11.1. The molecule has 0 fully saturated rings. The van der Waals surface area contributed by atoms with Crippen molar-refractivity contribution < 1.29 is 9.47 Å². The van der Waals surface area contributed by atoms with Gasteiger partial charge in [-0.1, -0.05) is 12.1 Å². The van der Waals surface area contributed by atoms with Gasteiger partial charge in [-0.15, -0.1) is 0 Å². The van der Waals surface area contributed by atoms with Gasteiger partial charge in [-0.2, -0.15) is 9.97 Å². The number of para-hydroxylation sites is 2. The van der Waals surface area contributed by atoms with E-state index in [1.165, 1.54) is 0 Å². The zero-order valence-corrected chi connectivity index (χ0v) is 11.3. The van der Waals surface area contributed by atoms with Crippen LogP contribution in [0, 0.1) is 6.92 Å². The quantitative estimate of drug-likeness (QED) is 0.855. The van der Waals surface area contributed by atoms with E-state index in [9.17, 15) is 0 Å². The molecular formula is C14H17N3O2. The molecular weight excluding hydrogens is 242 g/mol. The lowest BCUT2D eigenvalue weighted by Crippen LogP contribution is -2.08. The van der Waals surface area contributed by atoms with Crippen LogP contribution in [0.5, 0.6) is 17.6 Å². The first kappa shape index (κ1) is 13.1. The second-order valence-corrected chi connectivity index (χ2v) is 4.44. The number of aromatic nitrogens is 2. The number of ether oxygens (including phenoxy) is 2. The molecule has 1 aromatic heterocycles. The Labute approximate surface area is 112 Å². The number of rotatable bonds is 4. The fourth-order valence-corrected chi connectivity index (χ4v) is 1.53. The normalized spacial score (nSPS) is 10.5. The van der Waals surface area contributed by atoms with Crippen LogP contribution in [0.2, 0.25) is 0 Å². The molecule has 2 N–H and O–H groups in total. The Morgan fingerprint density at radius 1 is 1.16 bits per heavy atom. The average molecular weight is 259 g/mol. The fraction of sp³-hybridized carbons (Fsp3) is 0.286. The lowest BCUT2D eigenvalue weighted by molar-refractivity contribution is 0.229. The lowest BCUT2D eigenvalue weighted by Gasteiger charge is -2.11. The summed E-state index contributed by atoms with van der Waals surface area (Å²) in [6, 6.07) is 9.20. The third-order valence-corrected chi connectivity index (χ3v) is 2.29. The van der Waals surface area contributed by atoms with Crippen LogP contribution in [-0.4, -0.2) is 16.1 Å². The van der Waals surface area contributed by atoms with Crippen LogP contribution in [0.4, 0.5) is 5.69 Å². The summed E-state index contributed by atoms with van der Waals surface area (Å²) >= 11 is 0. The maximum atomic E-state index is 5.81. The first-order valence-electron chi connectivity index (χ1n) is 6.09. The molecule has 2 aromatic rings. The Bertz CT molecular complexity index is 570. The van der Waals surface area contributed by atoms with Crippen molar-refractivity contribution in [1.82, 2.24) is 9.97 Å². The first-order chi connectivity index (χ1) is 9.04. The molecule has 0 spiro atoms. The molecule has 0 unspecified atom stereocenters. The molecule has 0 amide bonds. The van der Waals surface area contributed by atoms with Crippen LogP contribution in [0.3, 0.4) is 0 Å². The van der Waals surface area contributed by atoms with E-state index in [4.69, 9.17) is 15.2 Å².